The lowest BCUT2D eigenvalue weighted by atomic mass is 10.3. The molecule has 0 bridgehead atoms. The number of benzene rings is 2. The molecule has 1 aliphatic heterocycles. The second kappa shape index (κ2) is 8.40. The van der Waals surface area contributed by atoms with Gasteiger partial charge in [-0.2, -0.15) is 4.31 Å². The zero-order valence-corrected chi connectivity index (χ0v) is 18.5. The van der Waals surface area contributed by atoms with Crippen LogP contribution in [0.4, 0.5) is 5.69 Å². The Hall–Kier alpha value is -1.62. The Morgan fingerprint density at radius 1 is 1.04 bits per heavy atom. The highest BCUT2D eigenvalue weighted by atomic mass is 79.9. The summed E-state index contributed by atoms with van der Waals surface area (Å²) in [6, 6.07) is 10.4. The van der Waals surface area contributed by atoms with Gasteiger partial charge in [-0.3, -0.25) is 4.72 Å². The van der Waals surface area contributed by atoms with Crippen molar-refractivity contribution in [2.45, 2.75) is 29.6 Å². The average Bonchev–Trinajstić information content (AvgIpc) is 3.19. The monoisotopic (exact) mass is 488 g/mol. The number of hydrogen-bond donors (Lipinski definition) is 1. The number of nitrogens with one attached hydrogen (secondary N) is 1. The fourth-order valence-corrected chi connectivity index (χ4v) is 5.93. The summed E-state index contributed by atoms with van der Waals surface area (Å²) in [4.78, 5) is 0.0424. The van der Waals surface area contributed by atoms with Gasteiger partial charge < -0.3 is 4.74 Å². The molecule has 3 rings (SSSR count). The largest absolute Gasteiger partial charge is 0.492 e. The van der Waals surface area contributed by atoms with Crippen LogP contribution in [-0.4, -0.2) is 40.8 Å². The van der Waals surface area contributed by atoms with E-state index in [9.17, 15) is 16.8 Å². The third-order valence-corrected chi connectivity index (χ3v) is 8.15. The van der Waals surface area contributed by atoms with Crippen LogP contribution in [0.2, 0.25) is 0 Å². The van der Waals surface area contributed by atoms with E-state index in [1.807, 2.05) is 0 Å². The molecule has 0 amide bonds. The predicted octanol–water partition coefficient (Wildman–Crippen LogP) is 3.43. The molecule has 0 atom stereocenters. The van der Waals surface area contributed by atoms with Crippen molar-refractivity contribution in [3.05, 3.63) is 46.9 Å². The number of nitrogens with zero attached hydrogens (tertiary/aromatic N) is 1. The fraction of sp³-hybridized carbons (Fsp3) is 0.333. The minimum absolute atomic E-state index is 0.0349. The van der Waals surface area contributed by atoms with Gasteiger partial charge >= 0.3 is 0 Å². The van der Waals surface area contributed by atoms with Gasteiger partial charge in [0, 0.05) is 17.6 Å². The molecule has 1 saturated heterocycles. The highest BCUT2D eigenvalue weighted by molar-refractivity contribution is 9.10. The lowest BCUT2D eigenvalue weighted by Crippen LogP contribution is -2.28. The standard InChI is InChI=1S/C18H21BrN2O5S2/c1-2-26-17-10-7-15(13-18(17)28(24,25)21-11-3-4-12-21)20-27(22,23)16-8-5-14(19)6-9-16/h5-10,13,20H,2-4,11-12H2,1H3. The molecule has 10 heteroatoms. The summed E-state index contributed by atoms with van der Waals surface area (Å²) in [5.41, 5.74) is 0.157. The molecule has 0 spiro atoms. The van der Waals surface area contributed by atoms with E-state index in [0.717, 1.165) is 17.3 Å². The van der Waals surface area contributed by atoms with Crippen LogP contribution < -0.4 is 9.46 Å². The second-order valence-corrected chi connectivity index (χ2v) is 10.8. The molecule has 2 aromatic rings. The van der Waals surface area contributed by atoms with Crippen LogP contribution in [0.1, 0.15) is 19.8 Å². The predicted molar refractivity (Wildman–Crippen MR) is 111 cm³/mol. The van der Waals surface area contributed by atoms with Gasteiger partial charge in [-0.05, 0) is 62.2 Å². The molecular weight excluding hydrogens is 468 g/mol. The number of halogens is 1. The smallest absolute Gasteiger partial charge is 0.261 e. The molecule has 0 radical (unpaired) electrons. The van der Waals surface area contributed by atoms with Gasteiger partial charge in [-0.15, -0.1) is 0 Å². The summed E-state index contributed by atoms with van der Waals surface area (Å²) in [6.45, 7) is 2.95. The van der Waals surface area contributed by atoms with E-state index in [1.165, 1.54) is 34.6 Å². The van der Waals surface area contributed by atoms with Crippen molar-refractivity contribution in [1.82, 2.24) is 4.31 Å². The molecule has 28 heavy (non-hydrogen) atoms. The van der Waals surface area contributed by atoms with E-state index < -0.39 is 20.0 Å². The van der Waals surface area contributed by atoms with Crippen molar-refractivity contribution >= 4 is 41.7 Å². The molecule has 2 aromatic carbocycles. The molecule has 1 fully saturated rings. The van der Waals surface area contributed by atoms with E-state index in [1.54, 1.807) is 19.1 Å². The maximum atomic E-state index is 13.0. The van der Waals surface area contributed by atoms with E-state index in [4.69, 9.17) is 4.74 Å². The highest BCUT2D eigenvalue weighted by Gasteiger charge is 2.30. The van der Waals surface area contributed by atoms with E-state index in [-0.39, 0.29) is 21.2 Å². The van der Waals surface area contributed by atoms with Crippen molar-refractivity contribution in [2.24, 2.45) is 0 Å². The topological polar surface area (TPSA) is 92.8 Å². The van der Waals surface area contributed by atoms with Crippen molar-refractivity contribution in [1.29, 1.82) is 0 Å². The normalized spacial score (nSPS) is 15.5. The van der Waals surface area contributed by atoms with Crippen LogP contribution in [0, 0.1) is 0 Å². The Labute approximate surface area is 173 Å². The fourth-order valence-electron chi connectivity index (χ4n) is 2.94. The van der Waals surface area contributed by atoms with Crippen LogP contribution >= 0.6 is 15.9 Å². The van der Waals surface area contributed by atoms with E-state index >= 15 is 0 Å². The zero-order chi connectivity index (χ0) is 20.4. The number of rotatable bonds is 7. The van der Waals surface area contributed by atoms with Crippen molar-refractivity contribution in [2.75, 3.05) is 24.4 Å². The van der Waals surface area contributed by atoms with E-state index in [2.05, 4.69) is 20.7 Å². The first-order valence-electron chi connectivity index (χ1n) is 8.79. The molecule has 0 unspecified atom stereocenters. The molecule has 0 saturated carbocycles. The van der Waals surface area contributed by atoms with Gasteiger partial charge in [0.2, 0.25) is 10.0 Å². The SMILES string of the molecule is CCOc1ccc(NS(=O)(=O)c2ccc(Br)cc2)cc1S(=O)(=O)N1CCCC1. The summed E-state index contributed by atoms with van der Waals surface area (Å²) in [5, 5.41) is 0. The van der Waals surface area contributed by atoms with Crippen molar-refractivity contribution in [3.8, 4) is 5.75 Å². The first-order chi connectivity index (χ1) is 13.2. The number of anilines is 1. The third kappa shape index (κ3) is 4.51. The minimum atomic E-state index is -3.86. The molecule has 152 valence electrons. The first-order valence-corrected chi connectivity index (χ1v) is 12.5. The summed E-state index contributed by atoms with van der Waals surface area (Å²) in [7, 11) is -7.63. The third-order valence-electron chi connectivity index (χ3n) is 4.30. The Morgan fingerprint density at radius 2 is 1.68 bits per heavy atom. The Kier molecular flexibility index (Phi) is 6.33. The number of sulfonamides is 2. The second-order valence-electron chi connectivity index (χ2n) is 6.27. The number of ether oxygens (including phenoxy) is 1. The van der Waals surface area contributed by atoms with Crippen molar-refractivity contribution < 1.29 is 21.6 Å². The van der Waals surface area contributed by atoms with Gasteiger partial charge in [-0.25, -0.2) is 16.8 Å². The lowest BCUT2D eigenvalue weighted by Gasteiger charge is -2.19. The van der Waals surface area contributed by atoms with Crippen LogP contribution in [0.3, 0.4) is 0 Å². The lowest BCUT2D eigenvalue weighted by molar-refractivity contribution is 0.330. The maximum Gasteiger partial charge on any atom is 0.261 e. The quantitative estimate of drug-likeness (QED) is 0.644. The van der Waals surface area contributed by atoms with Gasteiger partial charge in [0.15, 0.2) is 0 Å². The zero-order valence-electron chi connectivity index (χ0n) is 15.3. The van der Waals surface area contributed by atoms with Crippen LogP contribution in [-0.2, 0) is 20.0 Å². The van der Waals surface area contributed by atoms with Gasteiger partial charge in [0.05, 0.1) is 17.2 Å². The van der Waals surface area contributed by atoms with Gasteiger partial charge in [-0.1, -0.05) is 15.9 Å². The summed E-state index contributed by atoms with van der Waals surface area (Å²) < 4.78 is 61.4. The van der Waals surface area contributed by atoms with Gasteiger partial charge in [0.25, 0.3) is 10.0 Å². The Morgan fingerprint density at radius 3 is 2.29 bits per heavy atom. The Balaban J connectivity index is 1.98. The Bertz CT molecular complexity index is 1050. The van der Waals surface area contributed by atoms with Crippen LogP contribution in [0.25, 0.3) is 0 Å². The summed E-state index contributed by atoms with van der Waals surface area (Å²) in [6.07, 6.45) is 1.61. The number of hydrogen-bond acceptors (Lipinski definition) is 5. The molecule has 1 heterocycles. The van der Waals surface area contributed by atoms with Gasteiger partial charge in [0.1, 0.15) is 10.6 Å². The van der Waals surface area contributed by atoms with Crippen LogP contribution in [0.15, 0.2) is 56.7 Å². The molecule has 0 aliphatic carbocycles. The molecule has 1 aliphatic rings. The summed E-state index contributed by atoms with van der Waals surface area (Å²) >= 11 is 3.26. The maximum absolute atomic E-state index is 13.0. The highest BCUT2D eigenvalue weighted by Crippen LogP contribution is 2.32. The summed E-state index contributed by atoms with van der Waals surface area (Å²) in [5.74, 6) is 0.209. The average molecular weight is 489 g/mol. The molecule has 0 aromatic heterocycles. The first kappa shape index (κ1) is 21.1. The van der Waals surface area contributed by atoms with Crippen molar-refractivity contribution in [3.63, 3.8) is 0 Å². The molecular formula is C18H21BrN2O5S2. The van der Waals surface area contributed by atoms with E-state index in [0.29, 0.717) is 19.7 Å². The molecule has 7 nitrogen and oxygen atoms in total. The minimum Gasteiger partial charge on any atom is -0.492 e. The molecule has 1 N–H and O–H groups in total. The van der Waals surface area contributed by atoms with Crippen LogP contribution in [0.5, 0.6) is 5.75 Å².